The maximum Gasteiger partial charge on any atom is 0.737 e. The van der Waals surface area contributed by atoms with E-state index in [4.69, 9.17) is 0 Å². The average Bonchev–Trinajstić information content (AvgIpc) is 2.08. The van der Waals surface area contributed by atoms with Crippen LogP contribution in [0.2, 0.25) is 0 Å². The molecule has 0 bridgehead atoms. The summed E-state index contributed by atoms with van der Waals surface area (Å²) in [6, 6.07) is 0. The van der Waals surface area contributed by atoms with Crippen molar-refractivity contribution >= 4 is 56.3 Å². The van der Waals surface area contributed by atoms with Crippen LogP contribution in [0.1, 0.15) is 6.92 Å². The zero-order valence-electron chi connectivity index (χ0n) is 6.09. The summed E-state index contributed by atoms with van der Waals surface area (Å²) in [5, 5.41) is 0. The molecule has 11 heavy (non-hydrogen) atoms. The summed E-state index contributed by atoms with van der Waals surface area (Å²) in [4.78, 5) is 7.06. The minimum Gasteiger partial charge on any atom is -0.185 e. The molecule has 0 N–H and O–H groups in total. The van der Waals surface area contributed by atoms with Crippen molar-refractivity contribution in [2.45, 2.75) is 6.92 Å². The predicted molar refractivity (Wildman–Crippen MR) is 32.9 cm³/mol. The SMILES string of the molecule is C/C=[CH]/[K].FOB(OF)OF. The van der Waals surface area contributed by atoms with E-state index in [1.807, 2.05) is 6.92 Å². The molecular weight excluding hydrogens is 191 g/mol. The summed E-state index contributed by atoms with van der Waals surface area (Å²) >= 11 is 0.932. The second-order valence-electron chi connectivity index (χ2n) is 1.22. The third-order valence-corrected chi connectivity index (χ3v) is 1.59. The molecule has 0 saturated carbocycles. The van der Waals surface area contributed by atoms with Gasteiger partial charge in [0.15, 0.2) is 0 Å². The van der Waals surface area contributed by atoms with Crippen molar-refractivity contribution in [3.63, 3.8) is 0 Å². The first-order valence-corrected chi connectivity index (χ1v) is 4.46. The average molecular weight is 196 g/mol. The van der Waals surface area contributed by atoms with E-state index in [-0.39, 0.29) is 0 Å². The monoisotopic (exact) mass is 196 g/mol. The van der Waals surface area contributed by atoms with Crippen LogP contribution in [0.5, 0.6) is 0 Å². The van der Waals surface area contributed by atoms with Crippen molar-refractivity contribution in [3.05, 3.63) is 6.25 Å². The third-order valence-electron chi connectivity index (χ3n) is 0.552. The number of allylic oxidation sites excluding steroid dienone is 1. The van der Waals surface area contributed by atoms with Crippen molar-refractivity contribution < 1.29 is 28.2 Å². The van der Waals surface area contributed by atoms with E-state index >= 15 is 0 Å². The molecule has 0 aromatic heterocycles. The van der Waals surface area contributed by atoms with Gasteiger partial charge in [0.1, 0.15) is 0 Å². The van der Waals surface area contributed by atoms with Gasteiger partial charge in [-0.05, 0) is 0 Å². The fourth-order valence-corrected chi connectivity index (χ4v) is 0.0412. The molecule has 3 nitrogen and oxygen atoms in total. The Kier molecular flexibility index (Phi) is 18.2. The molecule has 0 aliphatic heterocycles. The van der Waals surface area contributed by atoms with Gasteiger partial charge in [0.05, 0.1) is 0 Å². The zero-order valence-corrected chi connectivity index (χ0v) is 9.21. The molecule has 0 spiro atoms. The molecule has 0 aromatic carbocycles. The number of rotatable bonds is 3. The maximum atomic E-state index is 10.4. The maximum absolute atomic E-state index is 10.4. The first-order chi connectivity index (χ1) is 5.26. The van der Waals surface area contributed by atoms with E-state index in [1.54, 1.807) is 0 Å². The van der Waals surface area contributed by atoms with Crippen LogP contribution in [0.15, 0.2) is 6.25 Å². The topological polar surface area (TPSA) is 27.7 Å². The standard InChI is InChI=1S/C3H5.BF3O3.K/c1-3-2;2-5-1(6-3)7-4;/h1,3H,2H3;;. The summed E-state index contributed by atoms with van der Waals surface area (Å²) in [7, 11) is -2.51. The molecule has 0 radical (unpaired) electrons. The summed E-state index contributed by atoms with van der Waals surface area (Å²) < 4.78 is 33.5. The Hall–Kier alpha value is 1.11. The van der Waals surface area contributed by atoms with Crippen molar-refractivity contribution in [1.29, 1.82) is 0 Å². The van der Waals surface area contributed by atoms with E-state index in [9.17, 15) is 13.6 Å². The molecule has 0 atom stereocenters. The van der Waals surface area contributed by atoms with Crippen molar-refractivity contribution in [1.82, 2.24) is 0 Å². The van der Waals surface area contributed by atoms with Gasteiger partial charge in [0, 0.05) is 0 Å². The fourth-order valence-electron chi connectivity index (χ4n) is 0.0412. The normalized spacial score (nSPS) is 9.27. The molecule has 0 aliphatic rings. The van der Waals surface area contributed by atoms with Gasteiger partial charge in [-0.1, -0.05) is 13.6 Å². The van der Waals surface area contributed by atoms with Crippen LogP contribution in [-0.2, 0) is 14.6 Å². The molecule has 60 valence electrons. The minimum atomic E-state index is -2.51. The van der Waals surface area contributed by atoms with Gasteiger partial charge in [-0.2, -0.15) is 14.6 Å². The van der Waals surface area contributed by atoms with E-state index in [0.717, 1.165) is 49.0 Å². The molecule has 0 amide bonds. The second-order valence-corrected chi connectivity index (χ2v) is 2.26. The van der Waals surface area contributed by atoms with Crippen LogP contribution in [0.25, 0.3) is 0 Å². The predicted octanol–water partition coefficient (Wildman–Crippen LogP) is 1.36. The van der Waals surface area contributed by atoms with Crippen LogP contribution < -0.4 is 0 Å². The Morgan fingerprint density at radius 3 is 1.45 bits per heavy atom. The van der Waals surface area contributed by atoms with E-state index in [2.05, 4.69) is 20.8 Å². The van der Waals surface area contributed by atoms with Crippen LogP contribution in [0.3, 0.4) is 0 Å². The van der Waals surface area contributed by atoms with Gasteiger partial charge in [0.2, 0.25) is 0 Å². The molecule has 0 heterocycles. The first-order valence-electron chi connectivity index (χ1n) is 2.66. The number of hydrogen-bond donors (Lipinski definition) is 0. The van der Waals surface area contributed by atoms with Crippen LogP contribution in [0, 0.1) is 0 Å². The van der Waals surface area contributed by atoms with Gasteiger partial charge >= 0.3 is 69.4 Å². The van der Waals surface area contributed by atoms with Crippen molar-refractivity contribution in [3.8, 4) is 0 Å². The smallest absolute Gasteiger partial charge is 0.185 e. The molecule has 0 unspecified atom stereocenters. The van der Waals surface area contributed by atoms with Crippen molar-refractivity contribution in [2.24, 2.45) is 0 Å². The molecule has 0 rings (SSSR count). The van der Waals surface area contributed by atoms with Gasteiger partial charge in [-0.25, -0.2) is 0 Å². The Bertz CT molecular complexity index is 82.4. The van der Waals surface area contributed by atoms with E-state index in [0.29, 0.717) is 0 Å². The van der Waals surface area contributed by atoms with E-state index < -0.39 is 7.32 Å². The summed E-state index contributed by atoms with van der Waals surface area (Å²) in [5.74, 6) is 0. The van der Waals surface area contributed by atoms with Crippen molar-refractivity contribution in [2.75, 3.05) is 0 Å². The molecular formula is C3H5BF3KO3. The number of hydrogen-bond acceptors (Lipinski definition) is 3. The van der Waals surface area contributed by atoms with Gasteiger partial charge in [0.25, 0.3) is 0 Å². The van der Waals surface area contributed by atoms with Gasteiger partial charge < -0.3 is 0 Å². The minimum absolute atomic E-state index is 0.932. The van der Waals surface area contributed by atoms with Crippen LogP contribution >= 0.6 is 0 Å². The molecule has 8 heteroatoms. The Morgan fingerprint density at radius 1 is 1.18 bits per heavy atom. The summed E-state index contributed by atoms with van der Waals surface area (Å²) in [5.41, 5.74) is 0. The van der Waals surface area contributed by atoms with Gasteiger partial charge in [-0.15, -0.1) is 0 Å². The largest absolute Gasteiger partial charge is 0.737 e. The summed E-state index contributed by atoms with van der Waals surface area (Å²) in [6.07, 6.45) is 2.08. The van der Waals surface area contributed by atoms with Crippen LogP contribution in [-0.4, -0.2) is 56.3 Å². The third kappa shape index (κ3) is 14.0. The number of halogens is 3. The Labute approximate surface area is 96.3 Å². The summed E-state index contributed by atoms with van der Waals surface area (Å²) in [6.45, 7) is 2.05. The zero-order chi connectivity index (χ0) is 9.11. The van der Waals surface area contributed by atoms with E-state index in [1.165, 1.54) is 0 Å². The van der Waals surface area contributed by atoms with Crippen LogP contribution in [0.4, 0.5) is 13.6 Å². The quantitative estimate of drug-likeness (QED) is 0.637. The molecule has 0 aliphatic carbocycles. The Morgan fingerprint density at radius 2 is 1.45 bits per heavy atom. The fraction of sp³-hybridized carbons (Fsp3) is 0.333. The second kappa shape index (κ2) is 13.7. The first kappa shape index (κ1) is 14.6. The molecule has 0 fully saturated rings. The molecule has 0 saturated heterocycles. The molecule has 0 aromatic rings. The Balaban J connectivity index is 0. The van der Waals surface area contributed by atoms with Gasteiger partial charge in [-0.3, -0.25) is 0 Å².